The average Bonchev–Trinajstić information content (AvgIpc) is 2.23. The van der Waals surface area contributed by atoms with Gasteiger partial charge in [0, 0.05) is 27.6 Å². The first-order chi connectivity index (χ1) is 6.74. The van der Waals surface area contributed by atoms with Crippen molar-refractivity contribution in [3.05, 3.63) is 39.6 Å². The molecule has 2 aromatic rings. The summed E-state index contributed by atoms with van der Waals surface area (Å²) in [4.78, 5) is 3.96. The van der Waals surface area contributed by atoms with Crippen LogP contribution in [0, 0.1) is 11.3 Å². The van der Waals surface area contributed by atoms with Gasteiger partial charge in [-0.2, -0.15) is 5.26 Å². The Hall–Kier alpha value is -1.11. The minimum absolute atomic E-state index is 0.525. The first-order valence-electron chi connectivity index (χ1n) is 3.86. The van der Waals surface area contributed by atoms with Crippen molar-refractivity contribution in [3.8, 4) is 6.07 Å². The zero-order valence-corrected chi connectivity index (χ0v) is 9.30. The molecule has 0 aliphatic rings. The molecule has 0 amide bonds. The molecule has 68 valence electrons. The van der Waals surface area contributed by atoms with E-state index in [1.165, 1.54) is 6.20 Å². The second kappa shape index (κ2) is 3.56. The normalized spacial score (nSPS) is 10.1. The van der Waals surface area contributed by atoms with Gasteiger partial charge >= 0.3 is 0 Å². The van der Waals surface area contributed by atoms with E-state index in [1.807, 2.05) is 6.07 Å². The van der Waals surface area contributed by atoms with Gasteiger partial charge in [0.25, 0.3) is 0 Å². The van der Waals surface area contributed by atoms with Crippen LogP contribution >= 0.6 is 27.5 Å². The van der Waals surface area contributed by atoms with E-state index < -0.39 is 0 Å². The van der Waals surface area contributed by atoms with Crippen LogP contribution < -0.4 is 0 Å². The van der Waals surface area contributed by atoms with E-state index in [4.69, 9.17) is 16.9 Å². The largest absolute Gasteiger partial charge is 0.263 e. The lowest BCUT2D eigenvalue weighted by Crippen LogP contribution is -1.84. The van der Waals surface area contributed by atoms with Gasteiger partial charge in [0.15, 0.2) is 0 Å². The Bertz CT molecular complexity index is 546. The first-order valence-corrected chi connectivity index (χ1v) is 5.03. The molecular formula is C10H4BrClN2. The fourth-order valence-corrected chi connectivity index (χ4v) is 2.07. The molecule has 0 aliphatic carbocycles. The van der Waals surface area contributed by atoms with Crippen LogP contribution in [0.4, 0.5) is 0 Å². The molecule has 0 spiro atoms. The predicted molar refractivity (Wildman–Crippen MR) is 59.2 cm³/mol. The molecule has 14 heavy (non-hydrogen) atoms. The van der Waals surface area contributed by atoms with Crippen molar-refractivity contribution >= 4 is 38.3 Å². The molecule has 0 N–H and O–H groups in total. The lowest BCUT2D eigenvalue weighted by Gasteiger charge is -2.03. The molecule has 1 aromatic carbocycles. The van der Waals surface area contributed by atoms with Crippen LogP contribution in [0.5, 0.6) is 0 Å². The quantitative estimate of drug-likeness (QED) is 0.732. The predicted octanol–water partition coefficient (Wildman–Crippen LogP) is 3.52. The molecule has 0 aliphatic heterocycles. The molecule has 0 bridgehead atoms. The number of halogens is 2. The van der Waals surface area contributed by atoms with Crippen molar-refractivity contribution in [2.24, 2.45) is 0 Å². The molecule has 0 unspecified atom stereocenters. The van der Waals surface area contributed by atoms with Gasteiger partial charge in [-0.1, -0.05) is 27.5 Å². The summed E-state index contributed by atoms with van der Waals surface area (Å²) >= 11 is 9.37. The third-order valence-corrected chi connectivity index (χ3v) is 2.93. The van der Waals surface area contributed by atoms with E-state index >= 15 is 0 Å². The van der Waals surface area contributed by atoms with Crippen LogP contribution in [0.25, 0.3) is 10.8 Å². The molecule has 4 heteroatoms. The van der Waals surface area contributed by atoms with E-state index in [2.05, 4.69) is 27.0 Å². The number of rotatable bonds is 0. The van der Waals surface area contributed by atoms with Crippen LogP contribution in [-0.4, -0.2) is 4.98 Å². The molecule has 0 fully saturated rings. The Morgan fingerprint density at radius 1 is 1.36 bits per heavy atom. The van der Waals surface area contributed by atoms with E-state index in [0.29, 0.717) is 10.6 Å². The monoisotopic (exact) mass is 266 g/mol. The second-order valence-corrected chi connectivity index (χ2v) is 4.01. The molecule has 1 heterocycles. The molecule has 0 saturated carbocycles. The third-order valence-electron chi connectivity index (χ3n) is 1.94. The van der Waals surface area contributed by atoms with Gasteiger partial charge in [-0.05, 0) is 12.1 Å². The number of hydrogen-bond donors (Lipinski definition) is 0. The van der Waals surface area contributed by atoms with E-state index in [0.717, 1.165) is 15.2 Å². The molecule has 0 radical (unpaired) electrons. The van der Waals surface area contributed by atoms with Gasteiger partial charge in [-0.25, -0.2) is 0 Å². The van der Waals surface area contributed by atoms with Gasteiger partial charge in [-0.3, -0.25) is 4.98 Å². The summed E-state index contributed by atoms with van der Waals surface area (Å²) in [5.74, 6) is 0. The number of fused-ring (bicyclic) bond motifs is 1. The third kappa shape index (κ3) is 1.37. The van der Waals surface area contributed by atoms with Crippen molar-refractivity contribution in [3.63, 3.8) is 0 Å². The zero-order chi connectivity index (χ0) is 10.1. The molecule has 0 atom stereocenters. The minimum Gasteiger partial charge on any atom is -0.263 e. The van der Waals surface area contributed by atoms with Gasteiger partial charge < -0.3 is 0 Å². The van der Waals surface area contributed by atoms with Crippen LogP contribution in [-0.2, 0) is 0 Å². The van der Waals surface area contributed by atoms with Crippen molar-refractivity contribution in [1.82, 2.24) is 4.98 Å². The van der Waals surface area contributed by atoms with Gasteiger partial charge in [0.1, 0.15) is 6.07 Å². The first kappa shape index (κ1) is 9.45. The number of pyridine rings is 1. The van der Waals surface area contributed by atoms with Crippen LogP contribution in [0.15, 0.2) is 29.0 Å². The summed E-state index contributed by atoms with van der Waals surface area (Å²) in [6.07, 6.45) is 3.19. The highest BCUT2D eigenvalue weighted by Crippen LogP contribution is 2.31. The van der Waals surface area contributed by atoms with Crippen LogP contribution in [0.3, 0.4) is 0 Å². The highest BCUT2D eigenvalue weighted by atomic mass is 79.9. The molecule has 2 nitrogen and oxygen atoms in total. The Labute approximate surface area is 94.3 Å². The molecule has 1 aromatic heterocycles. The summed E-state index contributed by atoms with van der Waals surface area (Å²) in [6.45, 7) is 0. The molecular weight excluding hydrogens is 263 g/mol. The highest BCUT2D eigenvalue weighted by Gasteiger charge is 2.07. The SMILES string of the molecule is N#Cc1cncc2c(Cl)ccc(Br)c12. The summed E-state index contributed by atoms with van der Waals surface area (Å²) in [6, 6.07) is 5.69. The average molecular weight is 268 g/mol. The van der Waals surface area contributed by atoms with Gasteiger partial charge in [0.2, 0.25) is 0 Å². The maximum Gasteiger partial charge on any atom is 0.101 e. The van der Waals surface area contributed by atoms with Gasteiger partial charge in [0.05, 0.1) is 10.6 Å². The Kier molecular flexibility index (Phi) is 2.40. The number of hydrogen-bond acceptors (Lipinski definition) is 2. The van der Waals surface area contributed by atoms with Crippen molar-refractivity contribution in [2.45, 2.75) is 0 Å². The van der Waals surface area contributed by atoms with E-state index in [9.17, 15) is 0 Å². The van der Waals surface area contributed by atoms with E-state index in [-0.39, 0.29) is 0 Å². The Balaban J connectivity index is 3.01. The maximum absolute atomic E-state index is 8.90. The summed E-state index contributed by atoms with van der Waals surface area (Å²) in [5.41, 5.74) is 0.525. The standard InChI is InChI=1S/C10H4BrClN2/c11-8-1-2-9(12)7-5-14-4-6(3-13)10(7)8/h1-2,4-5H. The van der Waals surface area contributed by atoms with Gasteiger partial charge in [-0.15, -0.1) is 0 Å². The minimum atomic E-state index is 0.525. The zero-order valence-electron chi connectivity index (χ0n) is 6.96. The van der Waals surface area contributed by atoms with Crippen LogP contribution in [0.1, 0.15) is 5.56 Å². The number of nitrogens with zero attached hydrogens (tertiary/aromatic N) is 2. The fraction of sp³-hybridized carbons (Fsp3) is 0. The molecule has 0 saturated heterocycles. The number of aromatic nitrogens is 1. The van der Waals surface area contributed by atoms with Crippen molar-refractivity contribution < 1.29 is 0 Å². The lowest BCUT2D eigenvalue weighted by molar-refractivity contribution is 1.33. The second-order valence-electron chi connectivity index (χ2n) is 2.75. The molecule has 2 rings (SSSR count). The maximum atomic E-state index is 8.90. The topological polar surface area (TPSA) is 36.7 Å². The number of benzene rings is 1. The fourth-order valence-electron chi connectivity index (χ4n) is 1.30. The highest BCUT2D eigenvalue weighted by molar-refractivity contribution is 9.10. The summed E-state index contributed by atoms with van der Waals surface area (Å²) < 4.78 is 0.857. The Morgan fingerprint density at radius 2 is 2.14 bits per heavy atom. The van der Waals surface area contributed by atoms with E-state index in [1.54, 1.807) is 12.3 Å². The van der Waals surface area contributed by atoms with Crippen molar-refractivity contribution in [1.29, 1.82) is 5.26 Å². The van der Waals surface area contributed by atoms with Crippen molar-refractivity contribution in [2.75, 3.05) is 0 Å². The number of nitriles is 1. The summed E-state index contributed by atoms with van der Waals surface area (Å²) in [5, 5.41) is 11.1. The Morgan fingerprint density at radius 3 is 2.86 bits per heavy atom. The lowest BCUT2D eigenvalue weighted by atomic mass is 10.1. The van der Waals surface area contributed by atoms with Crippen LogP contribution in [0.2, 0.25) is 5.02 Å². The summed E-state index contributed by atoms with van der Waals surface area (Å²) in [7, 11) is 0. The smallest absolute Gasteiger partial charge is 0.101 e.